The molecule has 1 N–H and O–H groups in total. The minimum absolute atomic E-state index is 0.371. The Hall–Kier alpha value is -2.11. The van der Waals surface area contributed by atoms with E-state index in [0.717, 1.165) is 29.0 Å². The normalized spacial score (nSPS) is 15.8. The summed E-state index contributed by atoms with van der Waals surface area (Å²) in [6.45, 7) is 3.35. The average molecular weight is 357 g/mol. The molecule has 0 radical (unpaired) electrons. The smallest absolute Gasteiger partial charge is 0.203 e. The predicted octanol–water partition coefficient (Wildman–Crippen LogP) is 3.57. The second-order valence-corrected chi connectivity index (χ2v) is 8.17. The molecular formula is C20H23NO3S. The zero-order valence-corrected chi connectivity index (χ0v) is 15.4. The molecule has 1 aliphatic heterocycles. The molecule has 0 saturated carbocycles. The maximum Gasteiger partial charge on any atom is 0.203 e. The van der Waals surface area contributed by atoms with Gasteiger partial charge in [0.25, 0.3) is 0 Å². The monoisotopic (exact) mass is 357 g/mol. The van der Waals surface area contributed by atoms with E-state index in [1.165, 1.54) is 0 Å². The van der Waals surface area contributed by atoms with E-state index in [4.69, 9.17) is 4.74 Å². The Kier molecular flexibility index (Phi) is 5.25. The van der Waals surface area contributed by atoms with E-state index in [1.54, 1.807) is 25.3 Å². The quantitative estimate of drug-likeness (QED) is 0.909. The van der Waals surface area contributed by atoms with Gasteiger partial charge in [-0.25, -0.2) is 8.42 Å². The summed E-state index contributed by atoms with van der Waals surface area (Å²) in [6.07, 6.45) is 1.18. The Morgan fingerprint density at radius 1 is 1.00 bits per heavy atom. The van der Waals surface area contributed by atoms with Crippen molar-refractivity contribution in [2.45, 2.75) is 24.7 Å². The van der Waals surface area contributed by atoms with Crippen LogP contribution in [0.1, 0.15) is 24.0 Å². The molecule has 0 aromatic heterocycles. The molecule has 0 atom stereocenters. The first kappa shape index (κ1) is 17.7. The molecule has 1 heterocycles. The summed E-state index contributed by atoms with van der Waals surface area (Å²) < 4.78 is 31.8. The third kappa shape index (κ3) is 3.78. The molecule has 2 aromatic rings. The fourth-order valence-electron chi connectivity index (χ4n) is 3.15. The van der Waals surface area contributed by atoms with Gasteiger partial charge in [-0.2, -0.15) is 0 Å². The molecule has 0 unspecified atom stereocenters. The molecule has 0 fully saturated rings. The van der Waals surface area contributed by atoms with Crippen LogP contribution in [0.4, 0.5) is 0 Å². The highest BCUT2D eigenvalue weighted by atomic mass is 32.2. The van der Waals surface area contributed by atoms with Crippen molar-refractivity contribution in [1.82, 2.24) is 5.32 Å². The van der Waals surface area contributed by atoms with E-state index < -0.39 is 9.84 Å². The van der Waals surface area contributed by atoms with E-state index >= 15 is 0 Å². The molecule has 0 saturated heterocycles. The molecule has 1 aliphatic rings. The summed E-state index contributed by atoms with van der Waals surface area (Å²) in [5.41, 5.74) is 2.78. The number of hydrogen-bond acceptors (Lipinski definition) is 4. The van der Waals surface area contributed by atoms with Crippen LogP contribution in [0.5, 0.6) is 5.75 Å². The Morgan fingerprint density at radius 2 is 1.72 bits per heavy atom. The first-order valence-corrected chi connectivity index (χ1v) is 9.89. The number of ether oxygens (including phenoxy) is 1. The predicted molar refractivity (Wildman–Crippen MR) is 100 cm³/mol. The van der Waals surface area contributed by atoms with Crippen LogP contribution >= 0.6 is 0 Å². The van der Waals surface area contributed by atoms with Gasteiger partial charge in [0.15, 0.2) is 0 Å². The van der Waals surface area contributed by atoms with Crippen molar-refractivity contribution in [3.05, 3.63) is 64.6 Å². The zero-order chi connectivity index (χ0) is 17.9. The Labute approximate surface area is 149 Å². The fraction of sp³-hybridized carbons (Fsp3) is 0.300. The number of sulfone groups is 1. The van der Waals surface area contributed by atoms with Gasteiger partial charge in [0.2, 0.25) is 9.84 Å². The van der Waals surface area contributed by atoms with Gasteiger partial charge in [-0.15, -0.1) is 0 Å². The third-order valence-electron chi connectivity index (χ3n) is 4.48. The van der Waals surface area contributed by atoms with Crippen LogP contribution in [0.2, 0.25) is 0 Å². The first-order valence-electron chi connectivity index (χ1n) is 8.41. The molecule has 132 valence electrons. The van der Waals surface area contributed by atoms with Crippen LogP contribution in [0.25, 0.3) is 5.57 Å². The summed E-state index contributed by atoms with van der Waals surface area (Å²) in [7, 11) is -1.89. The third-order valence-corrected chi connectivity index (χ3v) is 6.45. The molecule has 0 amide bonds. The van der Waals surface area contributed by atoms with Gasteiger partial charge >= 0.3 is 0 Å². The largest absolute Gasteiger partial charge is 0.497 e. The fourth-order valence-corrected chi connectivity index (χ4v) is 4.95. The van der Waals surface area contributed by atoms with Crippen LogP contribution in [0.3, 0.4) is 0 Å². The summed E-state index contributed by atoms with van der Waals surface area (Å²) in [6, 6.07) is 14.7. The van der Waals surface area contributed by atoms with Crippen LogP contribution in [0.15, 0.2) is 58.3 Å². The number of aryl methyl sites for hydroxylation is 1. The van der Waals surface area contributed by atoms with Gasteiger partial charge < -0.3 is 10.1 Å². The summed E-state index contributed by atoms with van der Waals surface area (Å²) in [5, 5.41) is 3.30. The highest BCUT2D eigenvalue weighted by molar-refractivity contribution is 7.95. The summed E-state index contributed by atoms with van der Waals surface area (Å²) >= 11 is 0. The molecular weight excluding hydrogens is 334 g/mol. The molecule has 0 bridgehead atoms. The highest BCUT2D eigenvalue weighted by Crippen LogP contribution is 2.33. The van der Waals surface area contributed by atoms with Gasteiger partial charge in [0, 0.05) is 0 Å². The molecule has 3 rings (SSSR count). The Balaban J connectivity index is 2.13. The molecule has 25 heavy (non-hydrogen) atoms. The second-order valence-electron chi connectivity index (χ2n) is 6.20. The van der Waals surface area contributed by atoms with Gasteiger partial charge in [0.1, 0.15) is 5.75 Å². The lowest BCUT2D eigenvalue weighted by Gasteiger charge is -2.15. The van der Waals surface area contributed by atoms with Gasteiger partial charge in [-0.05, 0) is 73.8 Å². The van der Waals surface area contributed by atoms with E-state index in [2.05, 4.69) is 5.32 Å². The van der Waals surface area contributed by atoms with Crippen LogP contribution < -0.4 is 10.1 Å². The Morgan fingerprint density at radius 3 is 2.40 bits per heavy atom. The molecule has 0 aliphatic carbocycles. The number of nitrogens with one attached hydrogen (secondary N) is 1. The lowest BCUT2D eigenvalue weighted by atomic mass is 10.0. The standard InChI is InChI=1S/C20H23NO3S/c1-15-4-3-5-18(14-15)25(22,23)20-11-13-21-12-10-19(20)16-6-8-17(24-2)9-7-16/h3-9,14,21H,10-13H2,1-2H3. The van der Waals surface area contributed by atoms with E-state index in [1.807, 2.05) is 37.3 Å². The van der Waals surface area contributed by atoms with Gasteiger partial charge in [-0.3, -0.25) is 0 Å². The average Bonchev–Trinajstić information content (AvgIpc) is 2.88. The van der Waals surface area contributed by atoms with Crippen molar-refractivity contribution in [2.24, 2.45) is 0 Å². The van der Waals surface area contributed by atoms with E-state index in [9.17, 15) is 8.42 Å². The van der Waals surface area contributed by atoms with Crippen molar-refractivity contribution in [3.8, 4) is 5.75 Å². The second kappa shape index (κ2) is 7.42. The van der Waals surface area contributed by atoms with Crippen molar-refractivity contribution in [3.63, 3.8) is 0 Å². The minimum atomic E-state index is -3.51. The maximum absolute atomic E-state index is 13.3. The topological polar surface area (TPSA) is 55.4 Å². The van der Waals surface area contributed by atoms with Gasteiger partial charge in [-0.1, -0.05) is 24.3 Å². The SMILES string of the molecule is COc1ccc(C2=C(S(=O)(=O)c3cccc(C)c3)CCNCC2)cc1. The lowest BCUT2D eigenvalue weighted by molar-refractivity contribution is 0.415. The van der Waals surface area contributed by atoms with Crippen molar-refractivity contribution in [2.75, 3.05) is 20.2 Å². The molecule has 2 aromatic carbocycles. The Bertz CT molecular complexity index is 883. The van der Waals surface area contributed by atoms with Crippen molar-refractivity contribution >= 4 is 15.4 Å². The van der Waals surface area contributed by atoms with Crippen molar-refractivity contribution in [1.29, 1.82) is 0 Å². The van der Waals surface area contributed by atoms with Crippen LogP contribution in [-0.4, -0.2) is 28.6 Å². The minimum Gasteiger partial charge on any atom is -0.497 e. The summed E-state index contributed by atoms with van der Waals surface area (Å²) in [4.78, 5) is 0.892. The lowest BCUT2D eigenvalue weighted by Crippen LogP contribution is -2.15. The molecule has 4 nitrogen and oxygen atoms in total. The number of methoxy groups -OCH3 is 1. The van der Waals surface area contributed by atoms with Crippen LogP contribution in [-0.2, 0) is 9.84 Å². The van der Waals surface area contributed by atoms with E-state index in [-0.39, 0.29) is 0 Å². The maximum atomic E-state index is 13.3. The number of rotatable bonds is 4. The zero-order valence-electron chi connectivity index (χ0n) is 14.6. The summed E-state index contributed by atoms with van der Waals surface area (Å²) in [5.74, 6) is 0.763. The molecule has 0 spiro atoms. The first-order chi connectivity index (χ1) is 12.0. The van der Waals surface area contributed by atoms with Gasteiger partial charge in [0.05, 0.1) is 16.9 Å². The number of benzene rings is 2. The van der Waals surface area contributed by atoms with Crippen molar-refractivity contribution < 1.29 is 13.2 Å². The van der Waals surface area contributed by atoms with Crippen LogP contribution in [0, 0.1) is 6.92 Å². The van der Waals surface area contributed by atoms with E-state index in [0.29, 0.717) is 29.2 Å². The highest BCUT2D eigenvalue weighted by Gasteiger charge is 2.26. The molecule has 5 heteroatoms. The number of hydrogen-bond donors (Lipinski definition) is 1.